The minimum atomic E-state index is -0.176. The highest BCUT2D eigenvalue weighted by atomic mass is 16.5. The number of piperidine rings is 1. The van der Waals surface area contributed by atoms with Crippen LogP contribution in [0.4, 0.5) is 17.5 Å². The topological polar surface area (TPSA) is 136 Å². The number of aryl methyl sites for hydroxylation is 2. The molecule has 6 rings (SSSR count). The summed E-state index contributed by atoms with van der Waals surface area (Å²) in [5.41, 5.74) is 4.73. The molecule has 0 spiro atoms. The van der Waals surface area contributed by atoms with Gasteiger partial charge in [0.05, 0.1) is 11.7 Å². The van der Waals surface area contributed by atoms with E-state index in [0.717, 1.165) is 47.4 Å². The highest BCUT2D eigenvalue weighted by molar-refractivity contribution is 5.88. The Balaban J connectivity index is 1.21. The molecule has 2 aromatic carbocycles. The zero-order valence-corrected chi connectivity index (χ0v) is 22.2. The van der Waals surface area contributed by atoms with E-state index in [1.54, 1.807) is 10.9 Å². The molecule has 0 aliphatic carbocycles. The molecular weight excluding hydrogens is 508 g/mol. The first-order valence-electron chi connectivity index (χ1n) is 13.0. The van der Waals surface area contributed by atoms with Crippen LogP contribution in [0.15, 0.2) is 61.6 Å². The van der Waals surface area contributed by atoms with Gasteiger partial charge in [0.1, 0.15) is 34.4 Å². The fraction of sp³-hybridized carbons (Fsp3) is 0.250. The first-order valence-corrected chi connectivity index (χ1v) is 13.0. The number of aromatic nitrogens is 7. The molecule has 1 aliphatic rings. The van der Waals surface area contributed by atoms with Gasteiger partial charge in [0, 0.05) is 37.9 Å². The molecule has 1 fully saturated rings. The van der Waals surface area contributed by atoms with E-state index in [2.05, 4.69) is 47.4 Å². The van der Waals surface area contributed by atoms with E-state index in [9.17, 15) is 4.79 Å². The summed E-state index contributed by atoms with van der Waals surface area (Å²) in [6.45, 7) is 6.94. The van der Waals surface area contributed by atoms with Crippen molar-refractivity contribution in [3.63, 3.8) is 0 Å². The van der Waals surface area contributed by atoms with Crippen molar-refractivity contribution < 1.29 is 9.53 Å². The van der Waals surface area contributed by atoms with Crippen LogP contribution < -0.4 is 20.3 Å². The van der Waals surface area contributed by atoms with Gasteiger partial charge in [0.2, 0.25) is 11.9 Å². The van der Waals surface area contributed by atoms with E-state index in [4.69, 9.17) is 9.72 Å². The SMILES string of the molecule is C=CC(=O)N[C@@H]1CCCN(c2ncc3ncnc(Nc4ccc(Oc5ccc6c(c5)nnn6C)c(C)c4)c3n2)C1. The van der Waals surface area contributed by atoms with Crippen molar-refractivity contribution in [2.45, 2.75) is 25.8 Å². The molecule has 0 bridgehead atoms. The molecule has 12 heteroatoms. The minimum absolute atomic E-state index is 0.00871. The minimum Gasteiger partial charge on any atom is -0.457 e. The van der Waals surface area contributed by atoms with Crippen molar-refractivity contribution in [3.05, 3.63) is 67.1 Å². The monoisotopic (exact) mass is 536 g/mol. The number of carbonyl (C=O) groups excluding carboxylic acids is 1. The fourth-order valence-electron chi connectivity index (χ4n) is 4.81. The number of amides is 1. The van der Waals surface area contributed by atoms with Crippen LogP contribution in [-0.2, 0) is 11.8 Å². The second-order valence-electron chi connectivity index (χ2n) is 9.69. The zero-order valence-electron chi connectivity index (χ0n) is 22.2. The van der Waals surface area contributed by atoms with Crippen LogP contribution in [0.2, 0.25) is 0 Å². The molecule has 1 amide bonds. The Morgan fingerprint density at radius 2 is 2.05 bits per heavy atom. The quantitative estimate of drug-likeness (QED) is 0.296. The lowest BCUT2D eigenvalue weighted by Gasteiger charge is -2.33. The highest BCUT2D eigenvalue weighted by Crippen LogP contribution is 2.31. The Labute approximate surface area is 230 Å². The van der Waals surface area contributed by atoms with E-state index >= 15 is 0 Å². The molecule has 40 heavy (non-hydrogen) atoms. The van der Waals surface area contributed by atoms with Crippen LogP contribution in [-0.4, -0.2) is 60.0 Å². The van der Waals surface area contributed by atoms with Crippen LogP contribution in [0.1, 0.15) is 18.4 Å². The lowest BCUT2D eigenvalue weighted by atomic mass is 10.1. The van der Waals surface area contributed by atoms with Gasteiger partial charge in [0.15, 0.2) is 5.82 Å². The third-order valence-corrected chi connectivity index (χ3v) is 6.85. The number of ether oxygens (including phenoxy) is 1. The maximum Gasteiger partial charge on any atom is 0.243 e. The third-order valence-electron chi connectivity index (χ3n) is 6.85. The van der Waals surface area contributed by atoms with E-state index < -0.39 is 0 Å². The molecule has 5 aromatic rings. The number of nitrogens with zero attached hydrogens (tertiary/aromatic N) is 8. The van der Waals surface area contributed by atoms with Crippen LogP contribution in [0.3, 0.4) is 0 Å². The Kier molecular flexibility index (Phi) is 6.64. The summed E-state index contributed by atoms with van der Waals surface area (Å²) in [6.07, 6.45) is 6.29. The number of anilines is 3. The number of carbonyl (C=O) groups is 1. The van der Waals surface area contributed by atoms with Gasteiger partial charge in [-0.3, -0.25) is 4.79 Å². The number of hydrogen-bond donors (Lipinski definition) is 2. The average Bonchev–Trinajstić information content (AvgIpc) is 3.34. The zero-order chi connectivity index (χ0) is 27.6. The van der Waals surface area contributed by atoms with Crippen molar-refractivity contribution in [1.82, 2.24) is 40.2 Å². The van der Waals surface area contributed by atoms with Crippen molar-refractivity contribution in [3.8, 4) is 11.5 Å². The maximum absolute atomic E-state index is 11.8. The van der Waals surface area contributed by atoms with Gasteiger partial charge < -0.3 is 20.3 Å². The summed E-state index contributed by atoms with van der Waals surface area (Å²) in [6, 6.07) is 11.5. The largest absolute Gasteiger partial charge is 0.457 e. The van der Waals surface area contributed by atoms with Crippen molar-refractivity contribution in [2.24, 2.45) is 7.05 Å². The summed E-state index contributed by atoms with van der Waals surface area (Å²) in [5.74, 6) is 2.39. The van der Waals surface area contributed by atoms with Gasteiger partial charge in [-0.05, 0) is 61.7 Å². The second kappa shape index (κ2) is 10.6. The molecular formula is C28H28N10O2. The molecule has 202 valence electrons. The first-order chi connectivity index (χ1) is 19.5. The molecule has 1 atom stereocenters. The molecule has 2 N–H and O–H groups in total. The predicted molar refractivity (Wildman–Crippen MR) is 152 cm³/mol. The average molecular weight is 537 g/mol. The fourth-order valence-corrected chi connectivity index (χ4v) is 4.81. The summed E-state index contributed by atoms with van der Waals surface area (Å²) in [5, 5.41) is 14.6. The van der Waals surface area contributed by atoms with Gasteiger partial charge in [-0.2, -0.15) is 0 Å². The molecule has 12 nitrogen and oxygen atoms in total. The second-order valence-corrected chi connectivity index (χ2v) is 9.69. The van der Waals surface area contributed by atoms with Crippen LogP contribution in [0.5, 0.6) is 11.5 Å². The van der Waals surface area contributed by atoms with E-state index in [1.807, 2.05) is 50.4 Å². The number of fused-ring (bicyclic) bond motifs is 2. The molecule has 1 saturated heterocycles. The highest BCUT2D eigenvalue weighted by Gasteiger charge is 2.23. The number of nitrogens with one attached hydrogen (secondary N) is 2. The number of benzene rings is 2. The lowest BCUT2D eigenvalue weighted by Crippen LogP contribution is -2.47. The maximum atomic E-state index is 11.8. The van der Waals surface area contributed by atoms with Gasteiger partial charge in [0.25, 0.3) is 0 Å². The summed E-state index contributed by atoms with van der Waals surface area (Å²) >= 11 is 0. The molecule has 3 aromatic heterocycles. The van der Waals surface area contributed by atoms with Gasteiger partial charge >= 0.3 is 0 Å². The Hall–Kier alpha value is -5.13. The standard InChI is InChI=1S/C28H28N10O2/c1-4-25(39)32-19-6-5-11-38(15-19)28-29-14-22-26(34-28)27(31-16-30-22)33-18-7-10-24(17(2)12-18)40-20-8-9-23-21(13-20)35-36-37(23)3/h4,7-10,12-14,16,19H,1,5-6,11,15H2,2-3H3,(H,32,39)(H,30,31,33)/t19-/m1/s1. The van der Waals surface area contributed by atoms with Crippen molar-refractivity contribution in [2.75, 3.05) is 23.3 Å². The van der Waals surface area contributed by atoms with Gasteiger partial charge in [-0.25, -0.2) is 24.6 Å². The van der Waals surface area contributed by atoms with Crippen LogP contribution in [0.25, 0.3) is 22.1 Å². The van der Waals surface area contributed by atoms with E-state index in [1.165, 1.54) is 12.4 Å². The summed E-state index contributed by atoms with van der Waals surface area (Å²) in [7, 11) is 1.86. The van der Waals surface area contributed by atoms with Crippen LogP contribution in [0, 0.1) is 6.92 Å². The van der Waals surface area contributed by atoms with Gasteiger partial charge in [-0.1, -0.05) is 11.8 Å². The Bertz CT molecular complexity index is 1730. The first kappa shape index (κ1) is 25.2. The molecule has 1 aliphatic heterocycles. The summed E-state index contributed by atoms with van der Waals surface area (Å²) < 4.78 is 7.86. The van der Waals surface area contributed by atoms with Crippen molar-refractivity contribution >= 4 is 45.4 Å². The van der Waals surface area contributed by atoms with Gasteiger partial charge in [-0.15, -0.1) is 5.10 Å². The normalized spacial score (nSPS) is 15.2. The Morgan fingerprint density at radius 3 is 2.90 bits per heavy atom. The summed E-state index contributed by atoms with van der Waals surface area (Å²) in [4.78, 5) is 32.0. The third kappa shape index (κ3) is 5.10. The molecule has 0 saturated carbocycles. The molecule has 0 radical (unpaired) electrons. The van der Waals surface area contributed by atoms with E-state index in [-0.39, 0.29) is 11.9 Å². The van der Waals surface area contributed by atoms with Crippen LogP contribution >= 0.6 is 0 Å². The van der Waals surface area contributed by atoms with Crippen molar-refractivity contribution in [1.29, 1.82) is 0 Å². The smallest absolute Gasteiger partial charge is 0.243 e. The molecule has 0 unspecified atom stereocenters. The number of rotatable bonds is 7. The predicted octanol–water partition coefficient (Wildman–Crippen LogP) is 3.82. The van der Waals surface area contributed by atoms with E-state index in [0.29, 0.717) is 35.1 Å². The lowest BCUT2D eigenvalue weighted by molar-refractivity contribution is -0.117. The molecule has 4 heterocycles. The Morgan fingerprint density at radius 1 is 1.15 bits per heavy atom. The number of hydrogen-bond acceptors (Lipinski definition) is 10.